The topological polar surface area (TPSA) is 17.1 Å². The molecule has 2 rings (SSSR count). The molecule has 0 aliphatic rings. The van der Waals surface area contributed by atoms with Gasteiger partial charge in [0.05, 0.1) is 0 Å². The van der Waals surface area contributed by atoms with Gasteiger partial charge in [-0.1, -0.05) is 29.8 Å². The van der Waals surface area contributed by atoms with Crippen LogP contribution in [-0.2, 0) is 0 Å². The van der Waals surface area contributed by atoms with Crippen LogP contribution < -0.4 is 0 Å². The summed E-state index contributed by atoms with van der Waals surface area (Å²) in [6.45, 7) is 5.77. The Bertz CT molecular complexity index is 538. The number of carbonyl (C=O) groups excluding carboxylic acids is 1. The largest absolute Gasteiger partial charge is 0.295 e. The number of fused-ring (bicyclic) bond motifs is 1. The van der Waals surface area contributed by atoms with Gasteiger partial charge in [-0.2, -0.15) is 0 Å². The third kappa shape index (κ3) is 1.78. The summed E-state index contributed by atoms with van der Waals surface area (Å²) in [5.74, 6) is 0.122. The lowest BCUT2D eigenvalue weighted by molar-refractivity contribution is 0.101. The smallest absolute Gasteiger partial charge is 0.159 e. The van der Waals surface area contributed by atoms with E-state index in [2.05, 4.69) is 26.0 Å². The molecular formula is C14H14O. The van der Waals surface area contributed by atoms with Crippen molar-refractivity contribution in [3.05, 3.63) is 47.0 Å². The average Bonchev–Trinajstić information content (AvgIpc) is 2.16. The van der Waals surface area contributed by atoms with Crippen LogP contribution in [0.25, 0.3) is 10.8 Å². The summed E-state index contributed by atoms with van der Waals surface area (Å²) in [6.07, 6.45) is 0. The van der Waals surface area contributed by atoms with Gasteiger partial charge >= 0.3 is 0 Å². The van der Waals surface area contributed by atoms with E-state index in [0.29, 0.717) is 0 Å². The number of benzene rings is 2. The summed E-state index contributed by atoms with van der Waals surface area (Å²) in [4.78, 5) is 11.3. The lowest BCUT2D eigenvalue weighted by Crippen LogP contribution is -1.92. The normalized spacial score (nSPS) is 10.6. The van der Waals surface area contributed by atoms with Gasteiger partial charge in [-0.05, 0) is 43.2 Å². The van der Waals surface area contributed by atoms with Crippen molar-refractivity contribution in [3.63, 3.8) is 0 Å². The SMILES string of the molecule is CC(=O)c1ccc2cc(C)cc(C)c2c1. The zero-order valence-corrected chi connectivity index (χ0v) is 9.29. The van der Waals surface area contributed by atoms with Crippen LogP contribution >= 0.6 is 0 Å². The van der Waals surface area contributed by atoms with Crippen molar-refractivity contribution in [1.82, 2.24) is 0 Å². The van der Waals surface area contributed by atoms with E-state index >= 15 is 0 Å². The fraction of sp³-hybridized carbons (Fsp3) is 0.214. The minimum atomic E-state index is 0.122. The van der Waals surface area contributed by atoms with E-state index < -0.39 is 0 Å². The predicted octanol–water partition coefficient (Wildman–Crippen LogP) is 3.66. The highest BCUT2D eigenvalue weighted by Gasteiger charge is 2.03. The van der Waals surface area contributed by atoms with E-state index in [1.807, 2.05) is 18.2 Å². The van der Waals surface area contributed by atoms with Gasteiger partial charge < -0.3 is 0 Å². The molecule has 2 aromatic carbocycles. The van der Waals surface area contributed by atoms with Gasteiger partial charge in [0.1, 0.15) is 0 Å². The molecule has 0 aliphatic heterocycles. The van der Waals surface area contributed by atoms with Crippen LogP contribution in [0.2, 0.25) is 0 Å². The van der Waals surface area contributed by atoms with Crippen molar-refractivity contribution in [2.24, 2.45) is 0 Å². The summed E-state index contributed by atoms with van der Waals surface area (Å²) >= 11 is 0. The molecule has 0 heterocycles. The van der Waals surface area contributed by atoms with E-state index in [4.69, 9.17) is 0 Å². The van der Waals surface area contributed by atoms with Crippen molar-refractivity contribution in [1.29, 1.82) is 0 Å². The van der Waals surface area contributed by atoms with Gasteiger partial charge in [-0.25, -0.2) is 0 Å². The molecule has 0 N–H and O–H groups in total. The molecular weight excluding hydrogens is 184 g/mol. The quantitative estimate of drug-likeness (QED) is 0.639. The first-order valence-corrected chi connectivity index (χ1v) is 5.10. The van der Waals surface area contributed by atoms with Gasteiger partial charge in [0, 0.05) is 5.56 Å². The molecule has 0 unspecified atom stereocenters. The third-order valence-electron chi connectivity index (χ3n) is 2.71. The Morgan fingerprint density at radius 2 is 1.80 bits per heavy atom. The zero-order valence-electron chi connectivity index (χ0n) is 9.29. The van der Waals surface area contributed by atoms with Gasteiger partial charge in [-0.15, -0.1) is 0 Å². The standard InChI is InChI=1S/C14H14O/c1-9-6-10(2)14-8-12(11(3)15)4-5-13(14)7-9/h4-8H,1-3H3. The lowest BCUT2D eigenvalue weighted by atomic mass is 9.99. The maximum atomic E-state index is 11.3. The van der Waals surface area contributed by atoms with Gasteiger partial charge in [-0.3, -0.25) is 4.79 Å². The molecule has 76 valence electrons. The number of hydrogen-bond acceptors (Lipinski definition) is 1. The summed E-state index contributed by atoms with van der Waals surface area (Å²) in [5.41, 5.74) is 3.28. The average molecular weight is 198 g/mol. The van der Waals surface area contributed by atoms with E-state index in [9.17, 15) is 4.79 Å². The Morgan fingerprint density at radius 1 is 1.07 bits per heavy atom. The summed E-state index contributed by atoms with van der Waals surface area (Å²) < 4.78 is 0. The number of Topliss-reactive ketones (excluding diaryl/α,β-unsaturated/α-hetero) is 1. The second-order valence-electron chi connectivity index (χ2n) is 4.07. The Morgan fingerprint density at radius 3 is 2.47 bits per heavy atom. The molecule has 1 nitrogen and oxygen atoms in total. The molecule has 0 spiro atoms. The number of aryl methyl sites for hydroxylation is 2. The van der Waals surface area contributed by atoms with Crippen LogP contribution in [0, 0.1) is 13.8 Å². The monoisotopic (exact) mass is 198 g/mol. The molecule has 0 radical (unpaired) electrons. The highest BCUT2D eigenvalue weighted by atomic mass is 16.1. The Balaban J connectivity index is 2.76. The van der Waals surface area contributed by atoms with E-state index in [1.54, 1.807) is 6.92 Å². The number of carbonyl (C=O) groups is 1. The molecule has 0 bridgehead atoms. The predicted molar refractivity (Wildman–Crippen MR) is 63.4 cm³/mol. The van der Waals surface area contributed by atoms with E-state index in [0.717, 1.165) is 5.56 Å². The van der Waals surface area contributed by atoms with Crippen LogP contribution in [0.4, 0.5) is 0 Å². The highest BCUT2D eigenvalue weighted by molar-refractivity contribution is 5.99. The molecule has 0 fully saturated rings. The van der Waals surface area contributed by atoms with Crippen LogP contribution in [0.1, 0.15) is 28.4 Å². The van der Waals surface area contributed by atoms with Gasteiger partial charge in [0.25, 0.3) is 0 Å². The first-order chi connectivity index (χ1) is 7.08. The molecule has 0 saturated heterocycles. The number of ketones is 1. The Kier molecular flexibility index (Phi) is 2.31. The maximum Gasteiger partial charge on any atom is 0.159 e. The summed E-state index contributed by atoms with van der Waals surface area (Å²) in [7, 11) is 0. The number of rotatable bonds is 1. The molecule has 1 heteroatoms. The lowest BCUT2D eigenvalue weighted by Gasteiger charge is -2.05. The molecule has 0 aliphatic carbocycles. The number of hydrogen-bond donors (Lipinski definition) is 0. The fourth-order valence-electron chi connectivity index (χ4n) is 1.95. The van der Waals surface area contributed by atoms with Crippen molar-refractivity contribution < 1.29 is 4.79 Å². The summed E-state index contributed by atoms with van der Waals surface area (Å²) in [5, 5.41) is 2.38. The van der Waals surface area contributed by atoms with Crippen molar-refractivity contribution in [2.75, 3.05) is 0 Å². The van der Waals surface area contributed by atoms with Crippen LogP contribution in [0.3, 0.4) is 0 Å². The van der Waals surface area contributed by atoms with Crippen molar-refractivity contribution >= 4 is 16.6 Å². The zero-order chi connectivity index (χ0) is 11.0. The minimum absolute atomic E-state index is 0.122. The maximum absolute atomic E-state index is 11.3. The molecule has 2 aromatic rings. The first-order valence-electron chi connectivity index (χ1n) is 5.10. The molecule has 0 aromatic heterocycles. The summed E-state index contributed by atoms with van der Waals surface area (Å²) in [6, 6.07) is 10.2. The van der Waals surface area contributed by atoms with Crippen molar-refractivity contribution in [3.8, 4) is 0 Å². The highest BCUT2D eigenvalue weighted by Crippen LogP contribution is 2.22. The van der Waals surface area contributed by atoms with Gasteiger partial charge in [0.15, 0.2) is 5.78 Å². The molecule has 0 amide bonds. The fourth-order valence-corrected chi connectivity index (χ4v) is 1.95. The third-order valence-corrected chi connectivity index (χ3v) is 2.71. The Labute approximate surface area is 89.7 Å². The van der Waals surface area contributed by atoms with Crippen LogP contribution in [-0.4, -0.2) is 5.78 Å². The molecule has 15 heavy (non-hydrogen) atoms. The van der Waals surface area contributed by atoms with E-state index in [-0.39, 0.29) is 5.78 Å². The van der Waals surface area contributed by atoms with Crippen LogP contribution in [0.15, 0.2) is 30.3 Å². The minimum Gasteiger partial charge on any atom is -0.295 e. The molecule has 0 saturated carbocycles. The Hall–Kier alpha value is -1.63. The molecule has 0 atom stereocenters. The second-order valence-corrected chi connectivity index (χ2v) is 4.07. The first kappa shape index (κ1) is 9.91. The van der Waals surface area contributed by atoms with E-state index in [1.165, 1.54) is 21.9 Å². The van der Waals surface area contributed by atoms with Gasteiger partial charge in [0.2, 0.25) is 0 Å². The van der Waals surface area contributed by atoms with Crippen molar-refractivity contribution in [2.45, 2.75) is 20.8 Å². The second kappa shape index (κ2) is 3.50. The van der Waals surface area contributed by atoms with Crippen LogP contribution in [0.5, 0.6) is 0 Å².